The first-order chi connectivity index (χ1) is 21.4. The van der Waals surface area contributed by atoms with Crippen LogP contribution in [0.1, 0.15) is 69.1 Å². The fraction of sp³-hybridized carbons (Fsp3) is 0.647. The van der Waals surface area contributed by atoms with Crippen molar-refractivity contribution >= 4 is 22.3 Å². The number of allylic oxidation sites excluding steroid dienone is 1. The Morgan fingerprint density at radius 2 is 1.78 bits per heavy atom. The number of nitrogens with two attached hydrogens (primary N) is 1. The van der Waals surface area contributed by atoms with Gasteiger partial charge in [0.2, 0.25) is 10.0 Å². The van der Waals surface area contributed by atoms with Crippen molar-refractivity contribution in [3.8, 4) is 0 Å². The number of carbonyl (C=O) groups is 1. The Morgan fingerprint density at radius 1 is 1.13 bits per heavy atom. The lowest BCUT2D eigenvalue weighted by Crippen LogP contribution is -2.47. The highest BCUT2D eigenvalue weighted by molar-refractivity contribution is 7.88. The second-order valence-electron chi connectivity index (χ2n) is 13.6. The van der Waals surface area contributed by atoms with Crippen molar-refractivity contribution in [2.24, 2.45) is 22.6 Å². The van der Waals surface area contributed by atoms with E-state index in [9.17, 15) is 13.2 Å². The van der Waals surface area contributed by atoms with Gasteiger partial charge in [-0.2, -0.15) is 0 Å². The summed E-state index contributed by atoms with van der Waals surface area (Å²) < 4.78 is 32.0. The quantitative estimate of drug-likeness (QED) is 0.174. The number of hydrogen-bond donors (Lipinski definition) is 2. The van der Waals surface area contributed by atoms with E-state index in [0.717, 1.165) is 58.0 Å². The van der Waals surface area contributed by atoms with Crippen LogP contribution in [-0.2, 0) is 19.6 Å². The van der Waals surface area contributed by atoms with Crippen molar-refractivity contribution in [1.29, 1.82) is 0 Å². The summed E-state index contributed by atoms with van der Waals surface area (Å²) in [6.07, 6.45) is 9.42. The van der Waals surface area contributed by atoms with E-state index in [1.165, 1.54) is 23.7 Å². The Bertz CT molecular complexity index is 1370. The van der Waals surface area contributed by atoms with Crippen LogP contribution in [0, 0.1) is 18.8 Å². The Morgan fingerprint density at radius 3 is 2.38 bits per heavy atom. The van der Waals surface area contributed by atoms with Crippen molar-refractivity contribution in [3.63, 3.8) is 0 Å². The molecule has 0 bridgehead atoms. The molecule has 0 aromatic heterocycles. The van der Waals surface area contributed by atoms with Gasteiger partial charge >= 0.3 is 0 Å². The average Bonchev–Trinajstić information content (AvgIpc) is 3.61. The molecule has 0 radical (unpaired) electrons. The number of nitrogens with zero attached hydrogens (tertiary/aromatic N) is 4. The Balaban J connectivity index is 1.11. The number of piperidine rings is 1. The average molecular weight is 641 g/mol. The second-order valence-corrected chi connectivity index (χ2v) is 15.6. The summed E-state index contributed by atoms with van der Waals surface area (Å²) in [6.45, 7) is 12.2. The van der Waals surface area contributed by atoms with Crippen LogP contribution in [0.4, 0.5) is 0 Å². The first-order valence-electron chi connectivity index (χ1n) is 16.5. The van der Waals surface area contributed by atoms with E-state index in [4.69, 9.17) is 10.5 Å². The molecule has 45 heavy (non-hydrogen) atoms. The summed E-state index contributed by atoms with van der Waals surface area (Å²) in [6, 6.07) is 9.12. The first kappa shape index (κ1) is 33.6. The maximum Gasteiger partial charge on any atom is 0.272 e. The van der Waals surface area contributed by atoms with Crippen LogP contribution >= 0.6 is 0 Å². The van der Waals surface area contributed by atoms with Crippen LogP contribution in [0.15, 0.2) is 52.8 Å². The largest absolute Gasteiger partial charge is 0.390 e. The van der Waals surface area contributed by atoms with E-state index in [0.29, 0.717) is 54.5 Å². The third-order valence-electron chi connectivity index (χ3n) is 10.6. The number of nitrogens with one attached hydrogen (secondary N) is 1. The van der Waals surface area contributed by atoms with Gasteiger partial charge in [-0.05, 0) is 76.2 Å². The lowest BCUT2D eigenvalue weighted by Gasteiger charge is -2.37. The molecule has 3 aliphatic heterocycles. The Labute approximate surface area is 269 Å². The van der Waals surface area contributed by atoms with Gasteiger partial charge in [-0.1, -0.05) is 36.4 Å². The highest BCUT2D eigenvalue weighted by Crippen LogP contribution is 2.42. The van der Waals surface area contributed by atoms with E-state index in [1.54, 1.807) is 11.4 Å². The number of benzene rings is 1. The molecule has 3 saturated heterocycles. The molecule has 1 unspecified atom stereocenters. The summed E-state index contributed by atoms with van der Waals surface area (Å²) in [5.74, 6) is 0.968. The number of aryl methyl sites for hydroxylation is 1. The number of fused-ring (bicyclic) bond motifs is 1. The number of hydrogen-bond acceptors (Lipinski definition) is 7. The number of amides is 1. The molecule has 1 aliphatic carbocycles. The highest BCUT2D eigenvalue weighted by Gasteiger charge is 2.45. The van der Waals surface area contributed by atoms with E-state index in [2.05, 4.69) is 53.0 Å². The van der Waals surface area contributed by atoms with Gasteiger partial charge in [-0.3, -0.25) is 9.69 Å². The van der Waals surface area contributed by atoms with Crippen LogP contribution in [0.5, 0.6) is 0 Å². The molecular formula is C34H52N6O4S. The van der Waals surface area contributed by atoms with Crippen LogP contribution in [0.25, 0.3) is 0 Å². The van der Waals surface area contributed by atoms with E-state index < -0.39 is 10.0 Å². The van der Waals surface area contributed by atoms with Crippen LogP contribution in [0.2, 0.25) is 0 Å². The molecule has 11 heteroatoms. The highest BCUT2D eigenvalue weighted by atomic mass is 32.2. The molecule has 5 atom stereocenters. The third kappa shape index (κ3) is 7.99. The predicted octanol–water partition coefficient (Wildman–Crippen LogP) is 3.56. The first-order valence-corrected chi connectivity index (χ1v) is 18.4. The molecule has 5 rings (SSSR count). The van der Waals surface area contributed by atoms with Crippen molar-refractivity contribution in [2.45, 2.75) is 83.1 Å². The van der Waals surface area contributed by atoms with Gasteiger partial charge in [0.25, 0.3) is 5.91 Å². The third-order valence-corrected chi connectivity index (χ3v) is 12.0. The molecule has 3 N–H and O–H groups in total. The fourth-order valence-corrected chi connectivity index (χ4v) is 8.44. The number of likely N-dealkylation sites (tertiary alicyclic amines) is 2. The van der Waals surface area contributed by atoms with Crippen molar-refractivity contribution in [1.82, 2.24) is 19.4 Å². The number of sulfonamides is 1. The summed E-state index contributed by atoms with van der Waals surface area (Å²) in [5.41, 5.74) is 9.83. The smallest absolute Gasteiger partial charge is 0.272 e. The van der Waals surface area contributed by atoms with Crippen LogP contribution < -0.4 is 11.1 Å². The van der Waals surface area contributed by atoms with Gasteiger partial charge in [-0.25, -0.2) is 17.7 Å². The molecule has 1 saturated carbocycles. The Kier molecular flexibility index (Phi) is 10.7. The minimum atomic E-state index is -3.16. The molecule has 1 amide bonds. The Hall–Kier alpha value is -2.73. The van der Waals surface area contributed by atoms with Gasteiger partial charge in [0.15, 0.2) is 0 Å². The monoisotopic (exact) mass is 640 g/mol. The number of carbonyl (C=O) groups excluding carboxylic acids is 1. The zero-order chi connectivity index (χ0) is 32.3. The molecule has 4 aliphatic rings. The van der Waals surface area contributed by atoms with E-state index in [-0.39, 0.29) is 24.2 Å². The molecule has 3 heterocycles. The van der Waals surface area contributed by atoms with Gasteiger partial charge in [0.05, 0.1) is 24.8 Å². The lowest BCUT2D eigenvalue weighted by atomic mass is 9.97. The molecule has 248 valence electrons. The standard InChI is InChI=1S/C34H52N6O4S/c1-23-9-11-26(12-10-23)32-8-6-7-31(44-32)19-36-25(3)24(2)33(37-22-35)34(41)39-15-13-29(14-16-39)40-20-27-17-30(18-28(27)21-40)38(4)45(5,42)43/h9-12,22,27-32,36H,3,6-8,13-21H2,1-2,4-5H3,(H2,35,37)/b33-24-/t27-,28+,30?,31-,32+/m1/s1. The van der Waals surface area contributed by atoms with Gasteiger partial charge < -0.3 is 20.7 Å². The van der Waals surface area contributed by atoms with E-state index in [1.807, 2.05) is 11.8 Å². The molecule has 4 fully saturated rings. The minimum Gasteiger partial charge on any atom is -0.390 e. The van der Waals surface area contributed by atoms with Crippen molar-refractivity contribution < 1.29 is 17.9 Å². The predicted molar refractivity (Wildman–Crippen MR) is 179 cm³/mol. The number of ether oxygens (including phenoxy) is 1. The van der Waals surface area contributed by atoms with Crippen molar-refractivity contribution in [2.75, 3.05) is 46.0 Å². The number of rotatable bonds is 10. The molecule has 10 nitrogen and oxygen atoms in total. The van der Waals surface area contributed by atoms with Crippen molar-refractivity contribution in [3.05, 3.63) is 58.9 Å². The van der Waals surface area contributed by atoms with Gasteiger partial charge in [0.1, 0.15) is 5.70 Å². The SMILES string of the molecule is C=C(NC[C@H]1CCC[C@@H](c2ccc(C)cc2)O1)/C(C)=C(\N=CN)C(=O)N1CCC(N2C[C@H]3CC(N(C)S(C)(=O)=O)C[C@H]3C2)CC1. The van der Waals surface area contributed by atoms with Gasteiger partial charge in [-0.15, -0.1) is 0 Å². The summed E-state index contributed by atoms with van der Waals surface area (Å²) in [4.78, 5) is 22.4. The fourth-order valence-electron chi connectivity index (χ4n) is 7.73. The number of aliphatic imine (C=N–C) groups is 1. The minimum absolute atomic E-state index is 0.0578. The second kappa shape index (κ2) is 14.4. The van der Waals surface area contributed by atoms with Crippen LogP contribution in [-0.4, -0.2) is 99.0 Å². The molecule has 0 spiro atoms. The topological polar surface area (TPSA) is 121 Å². The zero-order valence-electron chi connectivity index (χ0n) is 27.5. The summed E-state index contributed by atoms with van der Waals surface area (Å²) in [5, 5.41) is 3.41. The van der Waals surface area contributed by atoms with Gasteiger partial charge in [0, 0.05) is 63.1 Å². The maximum atomic E-state index is 13.7. The van der Waals surface area contributed by atoms with Crippen LogP contribution in [0.3, 0.4) is 0 Å². The zero-order valence-corrected chi connectivity index (χ0v) is 28.3. The van der Waals surface area contributed by atoms with E-state index >= 15 is 0 Å². The maximum absolute atomic E-state index is 13.7. The molecule has 1 aromatic carbocycles. The summed E-state index contributed by atoms with van der Waals surface area (Å²) >= 11 is 0. The normalized spacial score (nSPS) is 28.8. The lowest BCUT2D eigenvalue weighted by molar-refractivity contribution is -0.128. The molecular weight excluding hydrogens is 588 g/mol. The molecule has 1 aromatic rings. The summed E-state index contributed by atoms with van der Waals surface area (Å²) in [7, 11) is -1.45.